The average Bonchev–Trinajstić information content (AvgIpc) is 3.22. The number of hydrogen-bond donors (Lipinski definition) is 2. The molecule has 4 heteroatoms. The number of para-hydroxylation sites is 1. The van der Waals surface area contributed by atoms with Crippen LogP contribution < -0.4 is 11.1 Å². The first-order valence-electron chi connectivity index (χ1n) is 13.5. The van der Waals surface area contributed by atoms with E-state index in [0.29, 0.717) is 12.1 Å². The summed E-state index contributed by atoms with van der Waals surface area (Å²) in [5.41, 5.74) is 9.83. The van der Waals surface area contributed by atoms with Crippen molar-refractivity contribution in [2.24, 2.45) is 11.7 Å². The zero-order chi connectivity index (χ0) is 23.3. The number of aromatic nitrogens is 1. The minimum Gasteiger partial charge on any atom is -0.347 e. The van der Waals surface area contributed by atoms with Crippen molar-refractivity contribution in [3.63, 3.8) is 0 Å². The molecule has 34 heavy (non-hydrogen) atoms. The predicted molar refractivity (Wildman–Crippen MR) is 140 cm³/mol. The highest BCUT2D eigenvalue weighted by atomic mass is 19.1. The lowest BCUT2D eigenvalue weighted by Gasteiger charge is -2.28. The molecule has 2 aromatic carbocycles. The van der Waals surface area contributed by atoms with E-state index in [1.807, 2.05) is 6.07 Å². The summed E-state index contributed by atoms with van der Waals surface area (Å²) < 4.78 is 16.8. The third-order valence-corrected chi connectivity index (χ3v) is 8.26. The fraction of sp³-hybridized carbons (Fsp3) is 0.533. The lowest BCUT2D eigenvalue weighted by Crippen LogP contribution is -2.38. The monoisotopic (exact) mass is 461 g/mol. The molecule has 2 aliphatic rings. The molecule has 3 aromatic rings. The highest BCUT2D eigenvalue weighted by molar-refractivity contribution is 5.85. The third kappa shape index (κ3) is 5.55. The maximum absolute atomic E-state index is 14.3. The van der Waals surface area contributed by atoms with Gasteiger partial charge in [0.2, 0.25) is 0 Å². The van der Waals surface area contributed by atoms with Gasteiger partial charge in [0.1, 0.15) is 5.82 Å². The number of fused-ring (bicyclic) bond motifs is 1. The highest BCUT2D eigenvalue weighted by Crippen LogP contribution is 2.36. The molecule has 0 saturated heterocycles. The summed E-state index contributed by atoms with van der Waals surface area (Å²) in [5.74, 6) is 0.790. The maximum atomic E-state index is 14.3. The van der Waals surface area contributed by atoms with Crippen molar-refractivity contribution >= 4 is 10.9 Å². The molecule has 1 aromatic heterocycles. The van der Waals surface area contributed by atoms with Crippen molar-refractivity contribution in [1.82, 2.24) is 9.88 Å². The van der Waals surface area contributed by atoms with Crippen molar-refractivity contribution in [3.8, 4) is 0 Å². The molecule has 3 N–H and O–H groups in total. The molecule has 0 aliphatic heterocycles. The van der Waals surface area contributed by atoms with Crippen molar-refractivity contribution < 1.29 is 4.39 Å². The molecule has 182 valence electrons. The predicted octanol–water partition coefficient (Wildman–Crippen LogP) is 6.74. The van der Waals surface area contributed by atoms with E-state index in [9.17, 15) is 4.39 Å². The molecule has 5 rings (SSSR count). The Morgan fingerprint density at radius 1 is 0.941 bits per heavy atom. The second-order valence-corrected chi connectivity index (χ2v) is 10.7. The summed E-state index contributed by atoms with van der Waals surface area (Å²) in [6.45, 7) is 2.03. The van der Waals surface area contributed by atoms with Crippen LogP contribution in [-0.2, 0) is 6.54 Å². The summed E-state index contributed by atoms with van der Waals surface area (Å²) in [7, 11) is 0. The third-order valence-electron chi connectivity index (χ3n) is 8.26. The number of halogens is 1. The molecule has 0 bridgehead atoms. The number of nitrogens with two attached hydrogens (primary N) is 1. The topological polar surface area (TPSA) is 43.0 Å². The zero-order valence-corrected chi connectivity index (χ0v) is 20.4. The van der Waals surface area contributed by atoms with Gasteiger partial charge in [-0.25, -0.2) is 4.39 Å². The van der Waals surface area contributed by atoms with Crippen molar-refractivity contribution in [2.45, 2.75) is 88.8 Å². The Morgan fingerprint density at radius 2 is 1.74 bits per heavy atom. The van der Waals surface area contributed by atoms with Crippen molar-refractivity contribution in [1.29, 1.82) is 0 Å². The summed E-state index contributed by atoms with van der Waals surface area (Å²) >= 11 is 0. The molecule has 2 aliphatic carbocycles. The quantitative estimate of drug-likeness (QED) is 0.390. The van der Waals surface area contributed by atoms with Gasteiger partial charge in [-0.1, -0.05) is 49.6 Å². The van der Waals surface area contributed by atoms with Gasteiger partial charge in [0, 0.05) is 41.6 Å². The number of rotatable bonds is 8. The van der Waals surface area contributed by atoms with Crippen LogP contribution in [0.25, 0.3) is 10.9 Å². The highest BCUT2D eigenvalue weighted by Gasteiger charge is 2.23. The Hall–Kier alpha value is -2.17. The molecular weight excluding hydrogens is 421 g/mol. The first-order valence-corrected chi connectivity index (χ1v) is 13.5. The van der Waals surface area contributed by atoms with Crippen LogP contribution in [0.1, 0.15) is 81.3 Å². The van der Waals surface area contributed by atoms with E-state index < -0.39 is 0 Å². The van der Waals surface area contributed by atoms with E-state index in [0.717, 1.165) is 56.7 Å². The maximum Gasteiger partial charge on any atom is 0.123 e. The van der Waals surface area contributed by atoms with Crippen LogP contribution >= 0.6 is 0 Å². The van der Waals surface area contributed by atoms with Gasteiger partial charge in [0.25, 0.3) is 0 Å². The fourth-order valence-electron chi connectivity index (χ4n) is 6.33. The molecule has 0 spiro atoms. The van der Waals surface area contributed by atoms with Crippen LogP contribution in [0.15, 0.2) is 54.7 Å². The largest absolute Gasteiger partial charge is 0.347 e. The number of hydrogen-bond acceptors (Lipinski definition) is 2. The van der Waals surface area contributed by atoms with E-state index in [1.165, 1.54) is 48.6 Å². The molecule has 0 radical (unpaired) electrons. The van der Waals surface area contributed by atoms with Crippen LogP contribution in [0.3, 0.4) is 0 Å². The standard InChI is InChI=1S/C30H40FN3/c31-24-10-6-9-23(19-24)27(17-18-33-26-15-13-25(32)14-16-26)29-21-34(20-22-7-2-1-3-8-22)30-12-5-4-11-28(29)30/h4-6,9-12,19,21-22,25-27,33H,1-3,7-8,13-18,20,32H2. The fourth-order valence-corrected chi connectivity index (χ4v) is 6.33. The summed E-state index contributed by atoms with van der Waals surface area (Å²) in [4.78, 5) is 0. The van der Waals surface area contributed by atoms with Gasteiger partial charge in [0.05, 0.1) is 0 Å². The number of nitrogens with one attached hydrogen (secondary N) is 1. The lowest BCUT2D eigenvalue weighted by molar-refractivity contribution is 0.322. The van der Waals surface area contributed by atoms with Crippen LogP contribution in [0.2, 0.25) is 0 Å². The molecule has 0 amide bonds. The van der Waals surface area contributed by atoms with E-state index in [4.69, 9.17) is 5.73 Å². The van der Waals surface area contributed by atoms with Gasteiger partial charge >= 0.3 is 0 Å². The number of nitrogens with zero attached hydrogens (tertiary/aromatic N) is 1. The summed E-state index contributed by atoms with van der Waals surface area (Å²) in [6.07, 6.45) is 14.7. The van der Waals surface area contributed by atoms with E-state index in [2.05, 4.69) is 46.4 Å². The van der Waals surface area contributed by atoms with Crippen LogP contribution in [0, 0.1) is 11.7 Å². The molecule has 1 atom stereocenters. The van der Waals surface area contributed by atoms with Gasteiger partial charge in [-0.05, 0) is 86.7 Å². The second-order valence-electron chi connectivity index (χ2n) is 10.7. The Kier molecular flexibility index (Phi) is 7.66. The summed E-state index contributed by atoms with van der Waals surface area (Å²) in [6, 6.07) is 17.0. The minimum atomic E-state index is -0.150. The van der Waals surface area contributed by atoms with E-state index in [-0.39, 0.29) is 11.7 Å². The SMILES string of the molecule is NC1CCC(NCCC(c2cccc(F)c2)c2cn(CC3CCCCC3)c3ccccc23)CC1. The smallest absolute Gasteiger partial charge is 0.123 e. The van der Waals surface area contributed by atoms with Gasteiger partial charge in [0.15, 0.2) is 0 Å². The van der Waals surface area contributed by atoms with Crippen molar-refractivity contribution in [2.75, 3.05) is 6.54 Å². The summed E-state index contributed by atoms with van der Waals surface area (Å²) in [5, 5.41) is 5.11. The molecule has 1 unspecified atom stereocenters. The minimum absolute atomic E-state index is 0.150. The molecular formula is C30H40FN3. The van der Waals surface area contributed by atoms with Crippen molar-refractivity contribution in [3.05, 3.63) is 71.7 Å². The Bertz CT molecular complexity index is 1060. The van der Waals surface area contributed by atoms with Gasteiger partial charge in [-0.15, -0.1) is 0 Å². The normalized spacial score (nSPS) is 22.8. The Morgan fingerprint density at radius 3 is 2.53 bits per heavy atom. The van der Waals surface area contributed by atoms with E-state index in [1.54, 1.807) is 12.1 Å². The Balaban J connectivity index is 1.41. The van der Waals surface area contributed by atoms with E-state index >= 15 is 0 Å². The molecule has 2 fully saturated rings. The van der Waals surface area contributed by atoms with Crippen LogP contribution in [-0.4, -0.2) is 23.2 Å². The van der Waals surface area contributed by atoms with Gasteiger partial charge < -0.3 is 15.6 Å². The molecule has 3 nitrogen and oxygen atoms in total. The van der Waals surface area contributed by atoms with Crippen LogP contribution in [0.4, 0.5) is 4.39 Å². The first kappa shape index (κ1) is 23.6. The van der Waals surface area contributed by atoms with Crippen LogP contribution in [0.5, 0.6) is 0 Å². The molecule has 1 heterocycles. The zero-order valence-electron chi connectivity index (χ0n) is 20.4. The van der Waals surface area contributed by atoms with Gasteiger partial charge in [-0.2, -0.15) is 0 Å². The molecule has 2 saturated carbocycles. The Labute approximate surface area is 203 Å². The van der Waals surface area contributed by atoms with Gasteiger partial charge in [-0.3, -0.25) is 0 Å². The lowest BCUT2D eigenvalue weighted by atomic mass is 9.87. The average molecular weight is 462 g/mol. The number of benzene rings is 2. The second kappa shape index (κ2) is 11.0. The first-order chi connectivity index (χ1) is 16.7.